The molecule has 2 N–H and O–H groups in total. The summed E-state index contributed by atoms with van der Waals surface area (Å²) in [4.78, 5) is 39.6. The Labute approximate surface area is 179 Å². The molecule has 0 radical (unpaired) electrons. The van der Waals surface area contributed by atoms with Crippen molar-refractivity contribution in [3.8, 4) is 11.5 Å². The fraction of sp³-hybridized carbons (Fsp3) is 0.381. The number of amides is 2. The van der Waals surface area contributed by atoms with Crippen LogP contribution in [0.2, 0.25) is 0 Å². The fourth-order valence-corrected chi connectivity index (χ4v) is 3.47. The molecule has 1 aromatic carbocycles. The number of hydrogen-bond donors (Lipinski definition) is 2. The largest absolute Gasteiger partial charge is 0.493 e. The Kier molecular flexibility index (Phi) is 5.96. The van der Waals surface area contributed by atoms with Gasteiger partial charge in [0.1, 0.15) is 23.9 Å². The smallest absolute Gasteiger partial charge is 0.260 e. The lowest BCUT2D eigenvalue weighted by Gasteiger charge is -2.18. The molecule has 2 aliphatic rings. The number of aliphatic imine (C=N–C) groups is 1. The molecular formula is C21H24N6O4. The number of aromatic nitrogens is 2. The quantitative estimate of drug-likeness (QED) is 0.718. The summed E-state index contributed by atoms with van der Waals surface area (Å²) < 4.78 is 11.0. The van der Waals surface area contributed by atoms with Crippen molar-refractivity contribution in [3.63, 3.8) is 0 Å². The van der Waals surface area contributed by atoms with Crippen molar-refractivity contribution in [2.24, 2.45) is 4.99 Å². The van der Waals surface area contributed by atoms with Gasteiger partial charge in [0.25, 0.3) is 5.91 Å². The van der Waals surface area contributed by atoms with Gasteiger partial charge in [-0.3, -0.25) is 14.6 Å². The van der Waals surface area contributed by atoms with Gasteiger partial charge in [0, 0.05) is 32.4 Å². The highest BCUT2D eigenvalue weighted by Crippen LogP contribution is 2.36. The first-order valence-corrected chi connectivity index (χ1v) is 10.1. The average Bonchev–Trinajstić information content (AvgIpc) is 3.10. The molecule has 0 fully saturated rings. The molecule has 10 nitrogen and oxygen atoms in total. The van der Waals surface area contributed by atoms with Gasteiger partial charge in [-0.15, -0.1) is 0 Å². The zero-order chi connectivity index (χ0) is 21.8. The number of carbonyl (C=O) groups excluding carboxylic acids is 2. The van der Waals surface area contributed by atoms with Crippen molar-refractivity contribution in [3.05, 3.63) is 30.1 Å². The molecule has 0 saturated heterocycles. The van der Waals surface area contributed by atoms with Crippen LogP contribution in [0, 0.1) is 0 Å². The van der Waals surface area contributed by atoms with Gasteiger partial charge in [-0.05, 0) is 25.0 Å². The third kappa shape index (κ3) is 4.42. The van der Waals surface area contributed by atoms with Crippen LogP contribution in [0.15, 0.2) is 29.5 Å². The summed E-state index contributed by atoms with van der Waals surface area (Å²) in [6.45, 7) is 1.15. The standard InChI is InChI=1S/C21H24N6O4/c1-27-8-4-3-7-22-19-18-14(21(29)26-20(18)25-12-24-19)10-23-13-5-6-15(30-2)16(9-13)31-11-17(27)28/h5-6,9-10,12,14H,3-4,7-8,11H2,1-2H3,(H2,22,24,25,26,29). The highest BCUT2D eigenvalue weighted by Gasteiger charge is 2.33. The van der Waals surface area contributed by atoms with Gasteiger partial charge in [0.05, 0.1) is 18.4 Å². The van der Waals surface area contributed by atoms with Gasteiger partial charge in [-0.25, -0.2) is 9.97 Å². The molecule has 2 bridgehead atoms. The predicted octanol–water partition coefficient (Wildman–Crippen LogP) is 1.97. The van der Waals surface area contributed by atoms with Crippen LogP contribution >= 0.6 is 0 Å². The Morgan fingerprint density at radius 3 is 2.87 bits per heavy atom. The zero-order valence-electron chi connectivity index (χ0n) is 17.4. The molecule has 2 aromatic rings. The molecule has 162 valence electrons. The molecular weight excluding hydrogens is 400 g/mol. The molecule has 4 rings (SSSR count). The minimum absolute atomic E-state index is 0.103. The van der Waals surface area contributed by atoms with Crippen molar-refractivity contribution in [2.75, 3.05) is 44.5 Å². The van der Waals surface area contributed by atoms with E-state index >= 15 is 0 Å². The van der Waals surface area contributed by atoms with Crippen LogP contribution in [0.5, 0.6) is 11.5 Å². The monoisotopic (exact) mass is 424 g/mol. The number of nitrogens with zero attached hydrogens (tertiary/aromatic N) is 4. The normalized spacial score (nSPS) is 19.0. The predicted molar refractivity (Wildman–Crippen MR) is 115 cm³/mol. The number of nitrogens with one attached hydrogen (secondary N) is 2. The van der Waals surface area contributed by atoms with Crippen LogP contribution in [0.4, 0.5) is 17.3 Å². The number of benzene rings is 1. The molecule has 0 spiro atoms. The van der Waals surface area contributed by atoms with Crippen molar-refractivity contribution in [1.29, 1.82) is 0 Å². The van der Waals surface area contributed by atoms with E-state index in [-0.39, 0.29) is 18.4 Å². The second kappa shape index (κ2) is 8.99. The maximum Gasteiger partial charge on any atom is 0.260 e. The second-order valence-electron chi connectivity index (χ2n) is 7.30. The SMILES string of the molecule is COc1ccc2cc1OCC(=O)N(C)CCCCNc1ncnc3c1C(C=N2)C(=O)N3. The Morgan fingerprint density at radius 2 is 2.03 bits per heavy atom. The van der Waals surface area contributed by atoms with Crippen molar-refractivity contribution in [2.45, 2.75) is 18.8 Å². The number of likely N-dealkylation sites (N-methyl/N-ethyl adjacent to an activating group) is 1. The highest BCUT2D eigenvalue weighted by atomic mass is 16.5. The molecule has 2 amide bonds. The summed E-state index contributed by atoms with van der Waals surface area (Å²) in [6.07, 6.45) is 4.62. The molecule has 1 aromatic heterocycles. The number of fused-ring (bicyclic) bond motifs is 2. The summed E-state index contributed by atoms with van der Waals surface area (Å²) in [5.74, 6) is 1.04. The summed E-state index contributed by atoms with van der Waals surface area (Å²) in [5, 5.41) is 6.07. The number of methoxy groups -OCH3 is 1. The topological polar surface area (TPSA) is 118 Å². The van der Waals surface area contributed by atoms with E-state index in [9.17, 15) is 9.59 Å². The average molecular weight is 424 g/mol. The van der Waals surface area contributed by atoms with E-state index in [2.05, 4.69) is 25.6 Å². The van der Waals surface area contributed by atoms with E-state index in [0.29, 0.717) is 47.5 Å². The van der Waals surface area contributed by atoms with Crippen LogP contribution in [-0.4, -0.2) is 66.8 Å². The van der Waals surface area contributed by atoms with Crippen LogP contribution < -0.4 is 20.1 Å². The van der Waals surface area contributed by atoms with Crippen LogP contribution in [-0.2, 0) is 9.59 Å². The van der Waals surface area contributed by atoms with Crippen molar-refractivity contribution in [1.82, 2.24) is 14.9 Å². The Bertz CT molecular complexity index is 1020. The van der Waals surface area contributed by atoms with Gasteiger partial charge >= 0.3 is 0 Å². The number of anilines is 2. The maximum absolute atomic E-state index is 12.5. The summed E-state index contributed by atoms with van der Waals surface area (Å²) >= 11 is 0. The first-order chi connectivity index (χ1) is 15.1. The minimum atomic E-state index is -0.617. The molecule has 2 aliphatic heterocycles. The van der Waals surface area contributed by atoms with Gasteiger partial charge in [-0.2, -0.15) is 0 Å². The lowest BCUT2D eigenvalue weighted by atomic mass is 10.0. The number of rotatable bonds is 1. The number of hydrogen-bond acceptors (Lipinski definition) is 8. The number of ether oxygens (including phenoxy) is 2. The molecule has 1 atom stereocenters. The summed E-state index contributed by atoms with van der Waals surface area (Å²) in [7, 11) is 3.29. The van der Waals surface area contributed by atoms with Crippen molar-refractivity contribution < 1.29 is 19.1 Å². The van der Waals surface area contributed by atoms with E-state index in [4.69, 9.17) is 9.47 Å². The Morgan fingerprint density at radius 1 is 1.19 bits per heavy atom. The van der Waals surface area contributed by atoms with E-state index < -0.39 is 5.92 Å². The zero-order valence-corrected chi connectivity index (χ0v) is 17.4. The Hall–Kier alpha value is -3.69. The third-order valence-corrected chi connectivity index (χ3v) is 5.23. The van der Waals surface area contributed by atoms with Gasteiger partial charge in [-0.1, -0.05) is 0 Å². The first kappa shape index (κ1) is 20.6. The van der Waals surface area contributed by atoms with Crippen LogP contribution in [0.25, 0.3) is 0 Å². The molecule has 1 unspecified atom stereocenters. The highest BCUT2D eigenvalue weighted by molar-refractivity contribution is 6.13. The summed E-state index contributed by atoms with van der Waals surface area (Å²) in [5.41, 5.74) is 1.24. The van der Waals surface area contributed by atoms with E-state index in [1.54, 1.807) is 36.4 Å². The van der Waals surface area contributed by atoms with Gasteiger partial charge in [0.2, 0.25) is 5.91 Å². The van der Waals surface area contributed by atoms with Crippen molar-refractivity contribution >= 4 is 35.4 Å². The first-order valence-electron chi connectivity index (χ1n) is 10.1. The van der Waals surface area contributed by atoms with Gasteiger partial charge in [0.15, 0.2) is 18.1 Å². The lowest BCUT2D eigenvalue weighted by molar-refractivity contribution is -0.132. The molecule has 0 saturated carbocycles. The molecule has 3 heterocycles. The maximum atomic E-state index is 12.5. The van der Waals surface area contributed by atoms with E-state index in [1.165, 1.54) is 13.4 Å². The van der Waals surface area contributed by atoms with Crippen LogP contribution in [0.3, 0.4) is 0 Å². The lowest BCUT2D eigenvalue weighted by Crippen LogP contribution is -2.32. The van der Waals surface area contributed by atoms with E-state index in [1.807, 2.05) is 0 Å². The van der Waals surface area contributed by atoms with E-state index in [0.717, 1.165) is 12.8 Å². The third-order valence-electron chi connectivity index (χ3n) is 5.23. The second-order valence-corrected chi connectivity index (χ2v) is 7.30. The summed E-state index contributed by atoms with van der Waals surface area (Å²) in [6, 6.07) is 5.14. The molecule has 31 heavy (non-hydrogen) atoms. The molecule has 10 heteroatoms. The number of carbonyl (C=O) groups is 2. The fourth-order valence-electron chi connectivity index (χ4n) is 3.47. The van der Waals surface area contributed by atoms with Crippen LogP contribution in [0.1, 0.15) is 24.3 Å². The molecule has 0 aliphatic carbocycles. The van der Waals surface area contributed by atoms with Gasteiger partial charge < -0.3 is 25.0 Å². The Balaban J connectivity index is 1.69. The minimum Gasteiger partial charge on any atom is -0.493 e.